The molecule has 3 aromatic rings. The second-order valence-corrected chi connectivity index (χ2v) is 8.50. The standard InChI is InChI=1S/C21H15BrCl2F3N5O2/c1-10-6-11(23)7-13(19(33)28-2)17(10)30-20(34)14(21(25,26)27)8-12-9-16(22)31-32(12)18-15(24)4-3-5-29-18/h3-9H,1-2H3,(H,28,33)(H,30,34). The summed E-state index contributed by atoms with van der Waals surface area (Å²) in [6.07, 6.45) is -3.04. The van der Waals surface area contributed by atoms with Crippen LogP contribution in [0.5, 0.6) is 0 Å². The number of nitrogens with zero attached hydrogens (tertiary/aromatic N) is 3. The molecular formula is C21H15BrCl2F3N5O2. The monoisotopic (exact) mass is 575 g/mol. The van der Waals surface area contributed by atoms with Crippen molar-refractivity contribution in [3.8, 4) is 5.82 Å². The Labute approximate surface area is 210 Å². The summed E-state index contributed by atoms with van der Waals surface area (Å²) < 4.78 is 43.1. The van der Waals surface area contributed by atoms with Crippen LogP contribution >= 0.6 is 39.1 Å². The fourth-order valence-electron chi connectivity index (χ4n) is 3.00. The van der Waals surface area contributed by atoms with Crippen molar-refractivity contribution >= 4 is 62.7 Å². The molecule has 0 aliphatic heterocycles. The number of carbonyl (C=O) groups excluding carboxylic acids is 2. The molecule has 2 heterocycles. The van der Waals surface area contributed by atoms with Crippen molar-refractivity contribution in [3.63, 3.8) is 0 Å². The number of aryl methyl sites for hydroxylation is 1. The van der Waals surface area contributed by atoms with Crippen molar-refractivity contribution in [2.45, 2.75) is 13.1 Å². The van der Waals surface area contributed by atoms with Crippen molar-refractivity contribution in [1.82, 2.24) is 20.1 Å². The quantitative estimate of drug-likeness (QED) is 0.388. The fraction of sp³-hybridized carbons (Fsp3) is 0.143. The minimum absolute atomic E-state index is 0.0681. The Balaban J connectivity index is 2.11. The summed E-state index contributed by atoms with van der Waals surface area (Å²) in [7, 11) is 1.34. The third-order valence-electron chi connectivity index (χ3n) is 4.50. The van der Waals surface area contributed by atoms with E-state index < -0.39 is 23.6 Å². The number of pyridine rings is 1. The molecule has 34 heavy (non-hydrogen) atoms. The number of benzene rings is 1. The normalized spacial score (nSPS) is 11.9. The van der Waals surface area contributed by atoms with E-state index in [1.165, 1.54) is 44.4 Å². The number of aromatic nitrogens is 3. The van der Waals surface area contributed by atoms with Crippen LogP contribution in [0.2, 0.25) is 10.0 Å². The molecule has 0 bridgehead atoms. The van der Waals surface area contributed by atoms with Crippen molar-refractivity contribution in [2.75, 3.05) is 12.4 Å². The molecule has 0 radical (unpaired) electrons. The second kappa shape index (κ2) is 10.2. The van der Waals surface area contributed by atoms with E-state index in [0.717, 1.165) is 4.68 Å². The topological polar surface area (TPSA) is 88.9 Å². The van der Waals surface area contributed by atoms with Crippen molar-refractivity contribution in [1.29, 1.82) is 0 Å². The van der Waals surface area contributed by atoms with E-state index in [-0.39, 0.29) is 37.4 Å². The molecule has 0 spiro atoms. The van der Waals surface area contributed by atoms with Crippen molar-refractivity contribution in [3.05, 3.63) is 73.6 Å². The zero-order chi connectivity index (χ0) is 25.2. The summed E-state index contributed by atoms with van der Waals surface area (Å²) in [6.45, 7) is 1.50. The van der Waals surface area contributed by atoms with Crippen LogP contribution in [0.25, 0.3) is 11.9 Å². The molecule has 0 saturated heterocycles. The summed E-state index contributed by atoms with van der Waals surface area (Å²) in [6, 6.07) is 6.97. The summed E-state index contributed by atoms with van der Waals surface area (Å²) in [5.41, 5.74) is -1.55. The number of hydrogen-bond donors (Lipinski definition) is 2. The number of anilines is 1. The van der Waals surface area contributed by atoms with E-state index >= 15 is 0 Å². The van der Waals surface area contributed by atoms with Crippen LogP contribution in [0, 0.1) is 6.92 Å². The number of nitrogens with one attached hydrogen (secondary N) is 2. The summed E-state index contributed by atoms with van der Waals surface area (Å²) >= 11 is 15.2. The second-order valence-electron chi connectivity index (χ2n) is 6.85. The average Bonchev–Trinajstić information content (AvgIpc) is 3.12. The first kappa shape index (κ1) is 25.7. The van der Waals surface area contributed by atoms with Gasteiger partial charge in [-0.3, -0.25) is 9.59 Å². The molecule has 0 aliphatic rings. The van der Waals surface area contributed by atoms with Crippen LogP contribution in [0.3, 0.4) is 0 Å². The van der Waals surface area contributed by atoms with Crippen LogP contribution in [0.4, 0.5) is 18.9 Å². The first-order chi connectivity index (χ1) is 15.9. The molecule has 0 saturated carbocycles. The molecule has 3 rings (SSSR count). The number of alkyl halides is 3. The number of amides is 2. The van der Waals surface area contributed by atoms with Gasteiger partial charge in [0.1, 0.15) is 10.2 Å². The summed E-state index contributed by atoms with van der Waals surface area (Å²) in [5, 5.41) is 8.94. The van der Waals surface area contributed by atoms with Gasteiger partial charge in [-0.05, 0) is 64.8 Å². The van der Waals surface area contributed by atoms with Gasteiger partial charge in [0.15, 0.2) is 5.82 Å². The van der Waals surface area contributed by atoms with Gasteiger partial charge in [-0.15, -0.1) is 0 Å². The van der Waals surface area contributed by atoms with Gasteiger partial charge in [-0.2, -0.15) is 18.3 Å². The highest BCUT2D eigenvalue weighted by Crippen LogP contribution is 2.32. The molecule has 2 amide bonds. The predicted molar refractivity (Wildman–Crippen MR) is 126 cm³/mol. The highest BCUT2D eigenvalue weighted by Gasteiger charge is 2.39. The number of hydrogen-bond acceptors (Lipinski definition) is 4. The largest absolute Gasteiger partial charge is 0.421 e. The number of rotatable bonds is 5. The smallest absolute Gasteiger partial charge is 0.355 e. The molecule has 2 aromatic heterocycles. The molecule has 13 heteroatoms. The zero-order valence-corrected chi connectivity index (χ0v) is 20.6. The third-order valence-corrected chi connectivity index (χ3v) is 5.40. The van der Waals surface area contributed by atoms with E-state index in [2.05, 4.69) is 36.6 Å². The van der Waals surface area contributed by atoms with E-state index in [1.807, 2.05) is 0 Å². The van der Waals surface area contributed by atoms with Crippen molar-refractivity contribution in [2.24, 2.45) is 0 Å². The molecule has 0 aliphatic carbocycles. The van der Waals surface area contributed by atoms with E-state index in [1.54, 1.807) is 6.07 Å². The van der Waals surface area contributed by atoms with E-state index in [9.17, 15) is 22.8 Å². The first-order valence-electron chi connectivity index (χ1n) is 9.41. The van der Waals surface area contributed by atoms with Crippen LogP contribution in [0.1, 0.15) is 21.6 Å². The van der Waals surface area contributed by atoms with Gasteiger partial charge in [0.2, 0.25) is 0 Å². The van der Waals surface area contributed by atoms with Crippen LogP contribution < -0.4 is 10.6 Å². The molecule has 7 nitrogen and oxygen atoms in total. The summed E-state index contributed by atoms with van der Waals surface area (Å²) in [4.78, 5) is 29.1. The Morgan fingerprint density at radius 3 is 2.53 bits per heavy atom. The van der Waals surface area contributed by atoms with Crippen LogP contribution in [-0.2, 0) is 4.79 Å². The summed E-state index contributed by atoms with van der Waals surface area (Å²) in [5.74, 6) is -2.05. The number of carbonyl (C=O) groups is 2. The van der Waals surface area contributed by atoms with Crippen LogP contribution in [0.15, 0.2) is 46.7 Å². The Bertz CT molecular complexity index is 1310. The zero-order valence-electron chi connectivity index (χ0n) is 17.5. The molecule has 0 fully saturated rings. The Kier molecular flexibility index (Phi) is 7.69. The Hall–Kier alpha value is -2.89. The molecule has 0 unspecified atom stereocenters. The highest BCUT2D eigenvalue weighted by atomic mass is 79.9. The molecule has 0 atom stereocenters. The molecular weight excluding hydrogens is 562 g/mol. The lowest BCUT2D eigenvalue weighted by Gasteiger charge is -2.17. The van der Waals surface area contributed by atoms with Gasteiger partial charge in [0.25, 0.3) is 11.8 Å². The van der Waals surface area contributed by atoms with E-state index in [4.69, 9.17) is 23.2 Å². The van der Waals surface area contributed by atoms with E-state index in [0.29, 0.717) is 11.6 Å². The van der Waals surface area contributed by atoms with Gasteiger partial charge in [-0.25, -0.2) is 9.67 Å². The van der Waals surface area contributed by atoms with Gasteiger partial charge in [-0.1, -0.05) is 23.2 Å². The maximum Gasteiger partial charge on any atom is 0.421 e. The SMILES string of the molecule is CNC(=O)c1cc(Cl)cc(C)c1NC(=O)C(=Cc1cc(Br)nn1-c1ncccc1Cl)C(F)(F)F. The first-order valence-corrected chi connectivity index (χ1v) is 11.0. The molecule has 2 N–H and O–H groups in total. The minimum Gasteiger partial charge on any atom is -0.355 e. The maximum absolute atomic E-state index is 14.0. The lowest BCUT2D eigenvalue weighted by Crippen LogP contribution is -2.28. The van der Waals surface area contributed by atoms with Gasteiger partial charge >= 0.3 is 6.18 Å². The Morgan fingerprint density at radius 2 is 1.91 bits per heavy atom. The molecule has 1 aromatic carbocycles. The molecule has 178 valence electrons. The van der Waals surface area contributed by atoms with Gasteiger partial charge in [0.05, 0.1) is 22.0 Å². The lowest BCUT2D eigenvalue weighted by molar-refractivity contribution is -0.126. The average molecular weight is 577 g/mol. The van der Waals surface area contributed by atoms with Crippen LogP contribution in [-0.4, -0.2) is 39.8 Å². The highest BCUT2D eigenvalue weighted by molar-refractivity contribution is 9.10. The Morgan fingerprint density at radius 1 is 1.21 bits per heavy atom. The van der Waals surface area contributed by atoms with Crippen molar-refractivity contribution < 1.29 is 22.8 Å². The number of halogens is 6. The fourth-order valence-corrected chi connectivity index (χ4v) is 3.87. The lowest BCUT2D eigenvalue weighted by atomic mass is 10.1. The maximum atomic E-state index is 14.0. The van der Waals surface area contributed by atoms with Gasteiger partial charge < -0.3 is 10.6 Å². The minimum atomic E-state index is -5.05. The predicted octanol–water partition coefficient (Wildman–Crippen LogP) is 5.59. The third kappa shape index (κ3) is 5.60. The van der Waals surface area contributed by atoms with Gasteiger partial charge in [0, 0.05) is 18.3 Å².